The first-order chi connectivity index (χ1) is 10.3. The molecule has 0 aliphatic rings. The van der Waals surface area contributed by atoms with Gasteiger partial charge in [-0.05, 0) is 36.5 Å². The quantitative estimate of drug-likeness (QED) is 0.575. The Bertz CT molecular complexity index is 838. The summed E-state index contributed by atoms with van der Waals surface area (Å²) >= 11 is 5.16. The number of phenolic OH excluding ortho intramolecular Hbond substituents is 1. The van der Waals surface area contributed by atoms with Crippen LogP contribution in [0.15, 0.2) is 53.8 Å². The minimum atomic E-state index is 0.149. The Labute approximate surface area is 125 Å². The van der Waals surface area contributed by atoms with Gasteiger partial charge in [0.25, 0.3) is 0 Å². The lowest BCUT2D eigenvalue weighted by atomic mass is 10.2. The van der Waals surface area contributed by atoms with Crippen LogP contribution in [0.3, 0.4) is 0 Å². The summed E-state index contributed by atoms with van der Waals surface area (Å²) in [5.41, 5.74) is 1.24. The second kappa shape index (κ2) is 5.68. The number of hydrogen-bond acceptors (Lipinski definition) is 5. The number of aromatic nitrogens is 4. The van der Waals surface area contributed by atoms with Gasteiger partial charge in [0.15, 0.2) is 0 Å². The van der Waals surface area contributed by atoms with Gasteiger partial charge in [-0.15, -0.1) is 0 Å². The number of benzene rings is 1. The maximum atomic E-state index is 9.73. The molecule has 7 heteroatoms. The summed E-state index contributed by atoms with van der Waals surface area (Å²) in [6.07, 6.45) is 3.19. The zero-order chi connectivity index (χ0) is 14.7. The van der Waals surface area contributed by atoms with Crippen molar-refractivity contribution in [3.63, 3.8) is 0 Å². The monoisotopic (exact) mass is 297 g/mol. The molecule has 0 saturated heterocycles. The van der Waals surface area contributed by atoms with Crippen LogP contribution in [0.1, 0.15) is 5.56 Å². The molecule has 21 heavy (non-hydrogen) atoms. The fourth-order valence-corrected chi connectivity index (χ4v) is 1.96. The lowest BCUT2D eigenvalue weighted by molar-refractivity contribution is 0.474. The average Bonchev–Trinajstić information content (AvgIpc) is 2.88. The van der Waals surface area contributed by atoms with E-state index in [2.05, 4.69) is 20.3 Å². The number of nitrogens with zero attached hydrogens (tertiary/aromatic N) is 4. The molecular formula is C14H11N5OS. The fourth-order valence-electron chi connectivity index (χ4n) is 1.78. The van der Waals surface area contributed by atoms with Gasteiger partial charge in [0.05, 0.1) is 6.21 Å². The van der Waals surface area contributed by atoms with Crippen molar-refractivity contribution in [2.45, 2.75) is 0 Å². The zero-order valence-electron chi connectivity index (χ0n) is 10.8. The third-order valence-electron chi connectivity index (χ3n) is 2.79. The molecule has 0 amide bonds. The van der Waals surface area contributed by atoms with Crippen LogP contribution in [-0.4, -0.2) is 31.2 Å². The van der Waals surface area contributed by atoms with E-state index in [-0.39, 0.29) is 5.75 Å². The number of rotatable bonds is 3. The van der Waals surface area contributed by atoms with Gasteiger partial charge in [0, 0.05) is 11.8 Å². The predicted molar refractivity (Wildman–Crippen MR) is 81.7 cm³/mol. The normalized spacial score (nSPS) is 11.0. The molecule has 1 aromatic carbocycles. The van der Waals surface area contributed by atoms with Crippen LogP contribution in [0.4, 0.5) is 0 Å². The Morgan fingerprint density at radius 1 is 1.19 bits per heavy atom. The highest BCUT2D eigenvalue weighted by atomic mass is 32.1. The number of para-hydroxylation sites is 1. The third kappa shape index (κ3) is 2.72. The molecule has 3 rings (SSSR count). The van der Waals surface area contributed by atoms with E-state index in [0.29, 0.717) is 21.9 Å². The molecule has 2 aromatic heterocycles. The molecule has 0 fully saturated rings. The molecule has 0 bridgehead atoms. The first-order valence-electron chi connectivity index (χ1n) is 6.17. The van der Waals surface area contributed by atoms with Crippen molar-refractivity contribution in [2.24, 2.45) is 5.10 Å². The molecule has 0 aliphatic carbocycles. The largest absolute Gasteiger partial charge is 0.507 e. The molecule has 2 N–H and O–H groups in total. The molecule has 2 heterocycles. The second-order valence-corrected chi connectivity index (χ2v) is 4.57. The Morgan fingerprint density at radius 2 is 2.00 bits per heavy atom. The van der Waals surface area contributed by atoms with Crippen molar-refractivity contribution in [1.29, 1.82) is 0 Å². The van der Waals surface area contributed by atoms with E-state index in [4.69, 9.17) is 12.2 Å². The second-order valence-electron chi connectivity index (χ2n) is 4.18. The Morgan fingerprint density at radius 3 is 2.76 bits per heavy atom. The molecule has 0 aliphatic heterocycles. The molecule has 0 radical (unpaired) electrons. The zero-order valence-corrected chi connectivity index (χ0v) is 11.7. The van der Waals surface area contributed by atoms with Gasteiger partial charge in [0.2, 0.25) is 10.6 Å². The smallest absolute Gasteiger partial charge is 0.216 e. The van der Waals surface area contributed by atoms with E-state index in [0.717, 1.165) is 0 Å². The highest BCUT2D eigenvalue weighted by Crippen LogP contribution is 2.15. The van der Waals surface area contributed by atoms with Crippen LogP contribution in [0.25, 0.3) is 11.5 Å². The van der Waals surface area contributed by atoms with Crippen molar-refractivity contribution in [1.82, 2.24) is 19.9 Å². The van der Waals surface area contributed by atoms with E-state index in [1.54, 1.807) is 24.4 Å². The molecule has 0 unspecified atom stereocenters. The van der Waals surface area contributed by atoms with Crippen LogP contribution in [0, 0.1) is 4.77 Å². The Balaban J connectivity index is 2.02. The van der Waals surface area contributed by atoms with Crippen molar-refractivity contribution < 1.29 is 5.11 Å². The molecule has 0 saturated carbocycles. The van der Waals surface area contributed by atoms with Crippen LogP contribution in [-0.2, 0) is 0 Å². The summed E-state index contributed by atoms with van der Waals surface area (Å²) in [5, 5.41) is 20.8. The summed E-state index contributed by atoms with van der Waals surface area (Å²) in [5.74, 6) is 0.655. The Kier molecular flexibility index (Phi) is 3.57. The Hall–Kier alpha value is -2.80. The van der Waals surface area contributed by atoms with Gasteiger partial charge in [0.1, 0.15) is 11.4 Å². The maximum Gasteiger partial charge on any atom is 0.216 e. The van der Waals surface area contributed by atoms with Crippen molar-refractivity contribution >= 4 is 18.4 Å². The fraction of sp³-hybridized carbons (Fsp3) is 0. The standard InChI is InChI=1S/C14H11N5OS/c20-12-7-2-1-5-10(12)9-16-19-13(17-18-14(19)21)11-6-3-4-8-15-11/h1-9,20H,(H,18,21)/b16-9-. The number of H-pyrrole nitrogens is 1. The average molecular weight is 297 g/mol. The van der Waals surface area contributed by atoms with Gasteiger partial charge in [-0.2, -0.15) is 14.9 Å². The van der Waals surface area contributed by atoms with Gasteiger partial charge >= 0.3 is 0 Å². The van der Waals surface area contributed by atoms with Gasteiger partial charge < -0.3 is 5.11 Å². The highest BCUT2D eigenvalue weighted by Gasteiger charge is 2.08. The number of hydrogen-bond donors (Lipinski definition) is 2. The highest BCUT2D eigenvalue weighted by molar-refractivity contribution is 7.71. The van der Waals surface area contributed by atoms with Crippen LogP contribution < -0.4 is 0 Å². The number of nitrogens with one attached hydrogen (secondary N) is 1. The summed E-state index contributed by atoms with van der Waals surface area (Å²) < 4.78 is 1.81. The molecular weight excluding hydrogens is 286 g/mol. The van der Waals surface area contributed by atoms with Crippen molar-refractivity contribution in [3.05, 3.63) is 59.0 Å². The van der Waals surface area contributed by atoms with Crippen LogP contribution in [0.2, 0.25) is 0 Å². The first kappa shape index (κ1) is 13.2. The van der Waals surface area contributed by atoms with Crippen molar-refractivity contribution in [3.8, 4) is 17.3 Å². The summed E-state index contributed by atoms with van der Waals surface area (Å²) in [4.78, 5) is 4.22. The van der Waals surface area contributed by atoms with Crippen LogP contribution in [0.5, 0.6) is 5.75 Å². The van der Waals surface area contributed by atoms with E-state index in [1.165, 1.54) is 10.9 Å². The minimum absolute atomic E-state index is 0.149. The lowest BCUT2D eigenvalue weighted by Crippen LogP contribution is -1.96. The number of aromatic hydroxyl groups is 1. The molecule has 0 atom stereocenters. The SMILES string of the molecule is Oc1ccccc1/C=N\n1c(-c2ccccn2)n[nH]c1=S. The number of phenols is 1. The minimum Gasteiger partial charge on any atom is -0.507 e. The first-order valence-corrected chi connectivity index (χ1v) is 6.58. The molecule has 3 aromatic rings. The van der Waals surface area contributed by atoms with E-state index >= 15 is 0 Å². The topological polar surface area (TPSA) is 79.1 Å². The van der Waals surface area contributed by atoms with E-state index in [1.807, 2.05) is 24.3 Å². The third-order valence-corrected chi connectivity index (χ3v) is 3.06. The number of aromatic amines is 1. The van der Waals surface area contributed by atoms with Gasteiger partial charge in [-0.1, -0.05) is 18.2 Å². The maximum absolute atomic E-state index is 9.73. The molecule has 104 valence electrons. The molecule has 6 nitrogen and oxygen atoms in total. The summed E-state index contributed by atoms with van der Waals surface area (Å²) in [7, 11) is 0. The van der Waals surface area contributed by atoms with Crippen molar-refractivity contribution in [2.75, 3.05) is 0 Å². The summed E-state index contributed by atoms with van der Waals surface area (Å²) in [6.45, 7) is 0. The van der Waals surface area contributed by atoms with Gasteiger partial charge in [-0.25, -0.2) is 5.10 Å². The lowest BCUT2D eigenvalue weighted by Gasteiger charge is -2.00. The van der Waals surface area contributed by atoms with E-state index in [9.17, 15) is 5.11 Å². The van der Waals surface area contributed by atoms with Crippen LogP contribution >= 0.6 is 12.2 Å². The predicted octanol–water partition coefficient (Wildman–Crippen LogP) is 2.59. The number of pyridine rings is 1. The molecule has 0 spiro atoms. The van der Waals surface area contributed by atoms with E-state index < -0.39 is 0 Å². The summed E-state index contributed by atoms with van der Waals surface area (Å²) in [6, 6.07) is 12.4. The van der Waals surface area contributed by atoms with Gasteiger partial charge in [-0.3, -0.25) is 4.98 Å².